The van der Waals surface area contributed by atoms with Crippen molar-refractivity contribution >= 4 is 39.9 Å². The van der Waals surface area contributed by atoms with Crippen LogP contribution < -0.4 is 20.1 Å². The van der Waals surface area contributed by atoms with Gasteiger partial charge < -0.3 is 25.0 Å². The van der Waals surface area contributed by atoms with E-state index in [2.05, 4.69) is 25.6 Å². The molecule has 1 amide bonds. The van der Waals surface area contributed by atoms with Gasteiger partial charge in [-0.15, -0.1) is 0 Å². The average Bonchev–Trinajstić information content (AvgIpc) is 2.89. The molecular formula is C26H27ClN6O3. The van der Waals surface area contributed by atoms with Crippen molar-refractivity contribution in [3.05, 3.63) is 77.8 Å². The van der Waals surface area contributed by atoms with Crippen molar-refractivity contribution in [3.8, 4) is 11.5 Å². The smallest absolute Gasteiger partial charge is 0.236 e. The third-order valence-electron chi connectivity index (χ3n) is 5.36. The Hall–Kier alpha value is -3.95. The fourth-order valence-electron chi connectivity index (χ4n) is 3.46. The van der Waals surface area contributed by atoms with Gasteiger partial charge in [0.05, 0.1) is 34.7 Å². The molecule has 0 atom stereocenters. The van der Waals surface area contributed by atoms with E-state index in [9.17, 15) is 4.79 Å². The van der Waals surface area contributed by atoms with E-state index in [0.717, 1.165) is 22.3 Å². The number of carbonyl (C=O) groups is 1. The second kappa shape index (κ2) is 12.1. The lowest BCUT2D eigenvalue weighted by Gasteiger charge is -2.18. The molecule has 0 aliphatic heterocycles. The van der Waals surface area contributed by atoms with Crippen molar-refractivity contribution in [3.63, 3.8) is 0 Å². The summed E-state index contributed by atoms with van der Waals surface area (Å²) in [4.78, 5) is 26.6. The van der Waals surface area contributed by atoms with Crippen LogP contribution in [0.25, 0.3) is 10.9 Å². The van der Waals surface area contributed by atoms with Crippen molar-refractivity contribution in [2.24, 2.45) is 0 Å². The lowest BCUT2D eigenvalue weighted by Crippen LogP contribution is -2.36. The van der Waals surface area contributed by atoms with Crippen molar-refractivity contribution in [1.82, 2.24) is 25.2 Å². The number of aromatic nitrogens is 3. The van der Waals surface area contributed by atoms with Crippen molar-refractivity contribution in [1.29, 1.82) is 0 Å². The first kappa shape index (κ1) is 25.2. The van der Waals surface area contributed by atoms with Crippen LogP contribution in [0, 0.1) is 0 Å². The average molecular weight is 507 g/mol. The molecule has 9 nitrogen and oxygen atoms in total. The van der Waals surface area contributed by atoms with Crippen LogP contribution in [0.3, 0.4) is 0 Å². The van der Waals surface area contributed by atoms with E-state index in [1.807, 2.05) is 42.5 Å². The summed E-state index contributed by atoms with van der Waals surface area (Å²) >= 11 is 6.48. The number of nitrogens with one attached hydrogen (secondary N) is 2. The van der Waals surface area contributed by atoms with Gasteiger partial charge in [0.15, 0.2) is 0 Å². The molecule has 4 rings (SSSR count). The second-order valence-corrected chi connectivity index (χ2v) is 8.35. The molecule has 0 unspecified atom stereocenters. The number of pyridine rings is 1. The first-order valence-electron chi connectivity index (χ1n) is 11.4. The maximum Gasteiger partial charge on any atom is 0.236 e. The predicted molar refractivity (Wildman–Crippen MR) is 140 cm³/mol. The minimum Gasteiger partial charge on any atom is -0.491 e. The maximum absolute atomic E-state index is 12.0. The fraction of sp³-hybridized carbons (Fsp3) is 0.231. The third kappa shape index (κ3) is 6.38. The van der Waals surface area contributed by atoms with Crippen molar-refractivity contribution in [2.45, 2.75) is 6.61 Å². The van der Waals surface area contributed by atoms with Crippen molar-refractivity contribution < 1.29 is 14.3 Å². The third-order valence-corrected chi connectivity index (χ3v) is 5.65. The van der Waals surface area contributed by atoms with Gasteiger partial charge in [-0.05, 0) is 49.5 Å². The van der Waals surface area contributed by atoms with Crippen LogP contribution in [-0.2, 0) is 11.4 Å². The molecule has 2 N–H and O–H groups in total. The molecule has 0 spiro atoms. The molecule has 0 fully saturated rings. The van der Waals surface area contributed by atoms with Crippen LogP contribution in [0.2, 0.25) is 5.02 Å². The number of likely N-dealkylation sites (N-methyl/N-ethyl adjacent to an activating group) is 2. The number of carbonyl (C=O) groups excluding carboxylic acids is 1. The molecule has 186 valence electrons. The number of nitrogens with zero attached hydrogens (tertiary/aromatic N) is 4. The normalized spacial score (nSPS) is 10.8. The Labute approximate surface area is 214 Å². The van der Waals surface area contributed by atoms with Crippen LogP contribution >= 0.6 is 11.6 Å². The number of anilines is 2. The Kier molecular flexibility index (Phi) is 8.48. The molecular weight excluding hydrogens is 480 g/mol. The number of ether oxygens (including phenoxy) is 2. The van der Waals surface area contributed by atoms with Crippen LogP contribution in [-0.4, -0.2) is 59.6 Å². The molecule has 4 aromatic rings. The minimum absolute atomic E-state index is 0.00551. The highest BCUT2D eigenvalue weighted by Crippen LogP contribution is 2.34. The lowest BCUT2D eigenvalue weighted by atomic mass is 10.2. The molecule has 0 radical (unpaired) electrons. The molecule has 2 heterocycles. The maximum atomic E-state index is 12.0. The zero-order valence-corrected chi connectivity index (χ0v) is 20.8. The number of halogens is 1. The Balaban J connectivity index is 1.47. The van der Waals surface area contributed by atoms with E-state index in [1.165, 1.54) is 6.33 Å². The SMILES string of the molecule is CNCC(=O)N(C)CCOc1cccc2ncnc(Nc3ccc(OCc4ccccn4)c(Cl)c3)c12. The zero-order valence-electron chi connectivity index (χ0n) is 20.1. The number of hydrogen-bond acceptors (Lipinski definition) is 8. The van der Waals surface area contributed by atoms with Gasteiger partial charge in [0.1, 0.15) is 36.9 Å². The number of fused-ring (bicyclic) bond motifs is 1. The fourth-order valence-corrected chi connectivity index (χ4v) is 3.70. The summed E-state index contributed by atoms with van der Waals surface area (Å²) in [5.74, 6) is 1.75. The summed E-state index contributed by atoms with van der Waals surface area (Å²) in [6, 6.07) is 16.7. The highest BCUT2D eigenvalue weighted by atomic mass is 35.5. The lowest BCUT2D eigenvalue weighted by molar-refractivity contribution is -0.129. The molecule has 0 bridgehead atoms. The van der Waals surface area contributed by atoms with Gasteiger partial charge in [0.2, 0.25) is 5.91 Å². The van der Waals surface area contributed by atoms with Crippen LogP contribution in [0.15, 0.2) is 67.1 Å². The summed E-state index contributed by atoms with van der Waals surface area (Å²) < 4.78 is 11.8. The van der Waals surface area contributed by atoms with E-state index in [-0.39, 0.29) is 12.5 Å². The summed E-state index contributed by atoms with van der Waals surface area (Å²) in [6.07, 6.45) is 3.21. The monoisotopic (exact) mass is 506 g/mol. The van der Waals surface area contributed by atoms with Gasteiger partial charge in [0.25, 0.3) is 0 Å². The molecule has 2 aromatic heterocycles. The zero-order chi connectivity index (χ0) is 25.3. The van der Waals surface area contributed by atoms with Gasteiger partial charge in [-0.1, -0.05) is 23.7 Å². The molecule has 0 saturated heterocycles. The van der Waals surface area contributed by atoms with Gasteiger partial charge in [0, 0.05) is 18.9 Å². The van der Waals surface area contributed by atoms with E-state index in [4.69, 9.17) is 21.1 Å². The Morgan fingerprint density at radius 2 is 1.92 bits per heavy atom. The predicted octanol–water partition coefficient (Wildman–Crippen LogP) is 4.06. The molecule has 10 heteroatoms. The highest BCUT2D eigenvalue weighted by molar-refractivity contribution is 6.32. The molecule has 0 saturated carbocycles. The quantitative estimate of drug-likeness (QED) is 0.314. The van der Waals surface area contributed by atoms with Gasteiger partial charge in [-0.3, -0.25) is 9.78 Å². The summed E-state index contributed by atoms with van der Waals surface area (Å²) in [5, 5.41) is 7.35. The topological polar surface area (TPSA) is 102 Å². The van der Waals surface area contributed by atoms with Crippen LogP contribution in [0.1, 0.15) is 5.69 Å². The number of benzene rings is 2. The molecule has 2 aromatic carbocycles. The minimum atomic E-state index is -0.00551. The van der Waals surface area contributed by atoms with E-state index in [0.29, 0.717) is 42.1 Å². The van der Waals surface area contributed by atoms with Gasteiger partial charge in [-0.25, -0.2) is 9.97 Å². The van der Waals surface area contributed by atoms with E-state index < -0.39 is 0 Å². The van der Waals surface area contributed by atoms with Crippen molar-refractivity contribution in [2.75, 3.05) is 39.1 Å². The molecule has 36 heavy (non-hydrogen) atoms. The number of rotatable bonds is 11. The van der Waals surface area contributed by atoms with Crippen LogP contribution in [0.5, 0.6) is 11.5 Å². The first-order chi connectivity index (χ1) is 17.5. The van der Waals surface area contributed by atoms with Crippen LogP contribution in [0.4, 0.5) is 11.5 Å². The summed E-state index contributed by atoms with van der Waals surface area (Å²) in [5.41, 5.74) is 2.27. The Morgan fingerprint density at radius 1 is 1.03 bits per heavy atom. The largest absolute Gasteiger partial charge is 0.491 e. The molecule has 0 aliphatic carbocycles. The van der Waals surface area contributed by atoms with E-state index in [1.54, 1.807) is 37.3 Å². The summed E-state index contributed by atoms with van der Waals surface area (Å²) in [6.45, 7) is 1.37. The standard InChI is InChI=1S/C26H27ClN6O3/c1-28-15-24(34)33(2)12-13-35-23-8-5-7-21-25(23)26(31-17-30-21)32-18-9-10-22(20(27)14-18)36-16-19-6-3-4-11-29-19/h3-11,14,17,28H,12-13,15-16H2,1-2H3,(H,30,31,32). The number of amides is 1. The van der Waals surface area contributed by atoms with E-state index >= 15 is 0 Å². The number of hydrogen-bond donors (Lipinski definition) is 2. The Morgan fingerprint density at radius 3 is 2.69 bits per heavy atom. The van der Waals surface area contributed by atoms with Gasteiger partial charge in [-0.2, -0.15) is 0 Å². The summed E-state index contributed by atoms with van der Waals surface area (Å²) in [7, 11) is 3.48. The Bertz CT molecular complexity index is 1320. The molecule has 0 aliphatic rings. The highest BCUT2D eigenvalue weighted by Gasteiger charge is 2.13. The van der Waals surface area contributed by atoms with Gasteiger partial charge >= 0.3 is 0 Å². The second-order valence-electron chi connectivity index (χ2n) is 7.95. The first-order valence-corrected chi connectivity index (χ1v) is 11.8.